The molecule has 0 heterocycles. The van der Waals surface area contributed by atoms with Gasteiger partial charge in [0.2, 0.25) is 0 Å². The number of hydrogen-bond donors (Lipinski definition) is 0. The van der Waals surface area contributed by atoms with Crippen molar-refractivity contribution in [3.05, 3.63) is 29.8 Å². The Hall–Kier alpha value is -1.65. The molecule has 1 aromatic rings. The van der Waals surface area contributed by atoms with Gasteiger partial charge >= 0.3 is 23.9 Å². The zero-order chi connectivity index (χ0) is 22.0. The first kappa shape index (κ1) is 24.4. The Labute approximate surface area is 155 Å². The third-order valence-electron chi connectivity index (χ3n) is 4.08. The average Bonchev–Trinajstić information content (AvgIpc) is 2.58. The summed E-state index contributed by atoms with van der Waals surface area (Å²) in [5.41, 5.74) is -0.144. The van der Waals surface area contributed by atoms with Crippen molar-refractivity contribution in [1.29, 1.82) is 0 Å². The summed E-state index contributed by atoms with van der Waals surface area (Å²) in [5.74, 6) is -19.2. The van der Waals surface area contributed by atoms with E-state index in [0.29, 0.717) is 6.42 Å². The number of halogens is 9. The molecular weight excluding hydrogens is 407 g/mol. The molecule has 0 saturated heterocycles. The van der Waals surface area contributed by atoms with Crippen LogP contribution in [0.5, 0.6) is 5.75 Å². The van der Waals surface area contributed by atoms with Crippen LogP contribution in [0, 0.1) is 0 Å². The maximum absolute atomic E-state index is 13.9. The summed E-state index contributed by atoms with van der Waals surface area (Å²) in [7, 11) is 0.836. The molecule has 0 saturated carbocycles. The second-order valence-corrected chi connectivity index (χ2v) is 6.19. The summed E-state index contributed by atoms with van der Waals surface area (Å²) < 4.78 is 127. The van der Waals surface area contributed by atoms with Gasteiger partial charge in [-0.1, -0.05) is 19.1 Å². The van der Waals surface area contributed by atoms with Gasteiger partial charge in [0, 0.05) is 13.5 Å². The Morgan fingerprint density at radius 1 is 0.929 bits per heavy atom. The van der Waals surface area contributed by atoms with Crippen LogP contribution in [0.2, 0.25) is 0 Å². The van der Waals surface area contributed by atoms with Gasteiger partial charge in [0.25, 0.3) is 0 Å². The highest BCUT2D eigenvalue weighted by molar-refractivity contribution is 5.30. The van der Waals surface area contributed by atoms with E-state index in [1.165, 1.54) is 18.2 Å². The molecule has 0 aromatic heterocycles. The molecule has 0 radical (unpaired) electrons. The molecule has 162 valence electrons. The Morgan fingerprint density at radius 3 is 1.96 bits per heavy atom. The van der Waals surface area contributed by atoms with Gasteiger partial charge in [-0.2, -0.15) is 39.5 Å². The third-order valence-corrected chi connectivity index (χ3v) is 4.08. The molecular formula is C17H19F9O2. The van der Waals surface area contributed by atoms with E-state index in [9.17, 15) is 39.5 Å². The first-order valence-electron chi connectivity index (χ1n) is 8.10. The molecule has 1 aromatic carbocycles. The summed E-state index contributed by atoms with van der Waals surface area (Å²) in [6.45, 7) is 3.50. The van der Waals surface area contributed by atoms with Crippen molar-refractivity contribution in [2.45, 2.75) is 62.8 Å². The van der Waals surface area contributed by atoms with Crippen LogP contribution in [0.15, 0.2) is 24.3 Å². The van der Waals surface area contributed by atoms with Gasteiger partial charge in [0.05, 0.1) is 12.2 Å². The lowest BCUT2D eigenvalue weighted by Gasteiger charge is -2.35. The maximum Gasteiger partial charge on any atom is 0.460 e. The largest absolute Gasteiger partial charge is 0.491 e. The Bertz CT molecular complexity index is 644. The van der Waals surface area contributed by atoms with Gasteiger partial charge < -0.3 is 9.47 Å². The molecule has 0 fully saturated rings. The molecule has 0 amide bonds. The summed E-state index contributed by atoms with van der Waals surface area (Å²) in [5, 5.41) is 0. The highest BCUT2D eigenvalue weighted by atomic mass is 19.4. The topological polar surface area (TPSA) is 18.5 Å². The van der Waals surface area contributed by atoms with Crippen LogP contribution in [0.25, 0.3) is 0 Å². The molecule has 0 aliphatic rings. The van der Waals surface area contributed by atoms with Crippen molar-refractivity contribution in [3.8, 4) is 5.75 Å². The van der Waals surface area contributed by atoms with Crippen LogP contribution >= 0.6 is 0 Å². The summed E-state index contributed by atoms with van der Waals surface area (Å²) in [6, 6.07) is 5.09. The Kier molecular flexibility index (Phi) is 7.30. The number of methoxy groups -OCH3 is 1. The number of hydrogen-bond acceptors (Lipinski definition) is 2. The molecule has 1 rings (SSSR count). The molecule has 0 spiro atoms. The zero-order valence-corrected chi connectivity index (χ0v) is 15.1. The minimum Gasteiger partial charge on any atom is -0.491 e. The van der Waals surface area contributed by atoms with Crippen molar-refractivity contribution < 1.29 is 49.0 Å². The van der Waals surface area contributed by atoms with Crippen molar-refractivity contribution in [2.24, 2.45) is 0 Å². The fourth-order valence-electron chi connectivity index (χ4n) is 2.21. The minimum atomic E-state index is -6.93. The fourth-order valence-corrected chi connectivity index (χ4v) is 2.21. The van der Waals surface area contributed by atoms with Crippen molar-refractivity contribution in [3.63, 3.8) is 0 Å². The smallest absolute Gasteiger partial charge is 0.460 e. The second kappa shape index (κ2) is 8.38. The van der Waals surface area contributed by atoms with Crippen molar-refractivity contribution in [1.82, 2.24) is 0 Å². The first-order valence-corrected chi connectivity index (χ1v) is 8.10. The Balaban J connectivity index is 3.16. The van der Waals surface area contributed by atoms with E-state index in [4.69, 9.17) is 4.74 Å². The molecule has 28 heavy (non-hydrogen) atoms. The summed E-state index contributed by atoms with van der Waals surface area (Å²) >= 11 is 0. The van der Waals surface area contributed by atoms with Crippen LogP contribution in [0.3, 0.4) is 0 Å². The van der Waals surface area contributed by atoms with E-state index in [2.05, 4.69) is 4.74 Å². The lowest BCUT2D eigenvalue weighted by Crippen LogP contribution is -2.61. The lowest BCUT2D eigenvalue weighted by atomic mass is 9.95. The summed E-state index contributed by atoms with van der Waals surface area (Å²) in [4.78, 5) is 0. The van der Waals surface area contributed by atoms with Gasteiger partial charge in [-0.3, -0.25) is 0 Å². The van der Waals surface area contributed by atoms with E-state index < -0.39 is 36.5 Å². The third kappa shape index (κ3) is 4.84. The second-order valence-electron chi connectivity index (χ2n) is 6.19. The van der Waals surface area contributed by atoms with Gasteiger partial charge in [0.1, 0.15) is 5.75 Å². The lowest BCUT2D eigenvalue weighted by molar-refractivity contribution is -0.398. The van der Waals surface area contributed by atoms with Crippen molar-refractivity contribution in [2.75, 3.05) is 7.11 Å². The van der Waals surface area contributed by atoms with Gasteiger partial charge in [-0.15, -0.1) is 0 Å². The van der Waals surface area contributed by atoms with Gasteiger partial charge in [0.15, 0.2) is 0 Å². The standard InChI is InChI=1S/C17H19F9O2/c1-4-10(2)28-12-7-5-6-11(8-12)13(27-3)9-14(18,19)15(20,21)16(22,23)17(24,25)26/h5-8,10,13H,4,9H2,1-3H3. The fraction of sp³-hybridized carbons (Fsp3) is 0.647. The molecule has 0 N–H and O–H groups in total. The molecule has 2 atom stereocenters. The zero-order valence-electron chi connectivity index (χ0n) is 15.1. The van der Waals surface area contributed by atoms with Gasteiger partial charge in [-0.05, 0) is 31.0 Å². The highest BCUT2D eigenvalue weighted by Gasteiger charge is 2.81. The van der Waals surface area contributed by atoms with Gasteiger partial charge in [-0.25, -0.2) is 0 Å². The van der Waals surface area contributed by atoms with Crippen LogP contribution in [-0.4, -0.2) is 37.2 Å². The number of rotatable bonds is 9. The van der Waals surface area contributed by atoms with Crippen molar-refractivity contribution >= 4 is 0 Å². The molecule has 2 unspecified atom stereocenters. The van der Waals surface area contributed by atoms with Crippen LogP contribution in [0.1, 0.15) is 38.4 Å². The van der Waals surface area contributed by atoms with E-state index in [1.54, 1.807) is 13.8 Å². The molecule has 0 bridgehead atoms. The van der Waals surface area contributed by atoms with Crippen LogP contribution < -0.4 is 4.74 Å². The predicted octanol–water partition coefficient (Wildman–Crippen LogP) is 6.41. The number of ether oxygens (including phenoxy) is 2. The quantitative estimate of drug-likeness (QED) is 0.425. The predicted molar refractivity (Wildman–Crippen MR) is 82.1 cm³/mol. The highest BCUT2D eigenvalue weighted by Crippen LogP contribution is 2.55. The molecule has 11 heteroatoms. The van der Waals surface area contributed by atoms with E-state index in [0.717, 1.165) is 13.2 Å². The Morgan fingerprint density at radius 2 is 1.50 bits per heavy atom. The van der Waals surface area contributed by atoms with E-state index >= 15 is 0 Å². The van der Waals surface area contributed by atoms with Crippen LogP contribution in [0.4, 0.5) is 39.5 Å². The molecule has 0 aliphatic heterocycles. The molecule has 0 aliphatic carbocycles. The average molecular weight is 426 g/mol. The van der Waals surface area contributed by atoms with E-state index in [-0.39, 0.29) is 17.4 Å². The molecule has 2 nitrogen and oxygen atoms in total. The first-order chi connectivity index (χ1) is 12.6. The number of benzene rings is 1. The summed E-state index contributed by atoms with van der Waals surface area (Å²) in [6.07, 6.45) is -10.5. The normalized spacial score (nSPS) is 16.0. The minimum absolute atomic E-state index is 0.144. The SMILES string of the molecule is CCC(C)Oc1cccc(C(CC(F)(F)C(F)(F)C(F)(F)C(F)(F)F)OC)c1. The maximum atomic E-state index is 13.9. The number of alkyl halides is 9. The van der Waals surface area contributed by atoms with E-state index in [1.807, 2.05) is 0 Å². The van der Waals surface area contributed by atoms with Crippen LogP contribution in [-0.2, 0) is 4.74 Å². The monoisotopic (exact) mass is 426 g/mol.